The second-order valence-corrected chi connectivity index (χ2v) is 3.67. The molecule has 11 heavy (non-hydrogen) atoms. The summed E-state index contributed by atoms with van der Waals surface area (Å²) in [4.78, 5) is 1.37. The van der Waals surface area contributed by atoms with Crippen LogP contribution in [0.2, 0.25) is 0 Å². The Balaban J connectivity index is 2.69. The van der Waals surface area contributed by atoms with Crippen LogP contribution < -0.4 is 0 Å². The molecule has 1 heteroatoms. The highest BCUT2D eigenvalue weighted by atomic mass is 32.1. The molecule has 0 aliphatic carbocycles. The lowest BCUT2D eigenvalue weighted by Gasteiger charge is -1.82. The molecule has 0 amide bonds. The van der Waals surface area contributed by atoms with Crippen molar-refractivity contribution in [2.24, 2.45) is 0 Å². The van der Waals surface area contributed by atoms with Gasteiger partial charge in [0.25, 0.3) is 0 Å². The third-order valence-corrected chi connectivity index (χ3v) is 2.90. The van der Waals surface area contributed by atoms with Gasteiger partial charge in [-0.25, -0.2) is 0 Å². The Kier molecular flexibility index (Phi) is 1.66. The zero-order valence-electron chi connectivity index (χ0n) is 6.21. The number of hydrogen-bond donors (Lipinski definition) is 0. The normalized spacial score (nSPS) is 10.6. The fourth-order valence-corrected chi connectivity index (χ4v) is 2.12. The summed E-state index contributed by atoms with van der Waals surface area (Å²) in [6, 6.07) is 10.7. The van der Waals surface area contributed by atoms with E-state index in [9.17, 15) is 0 Å². The summed E-state index contributed by atoms with van der Waals surface area (Å²) in [5.74, 6) is 0. The molecular weight excluding hydrogens is 152 g/mol. The maximum atomic E-state index is 3.86. The molecule has 2 aromatic rings. The van der Waals surface area contributed by atoms with E-state index in [1.807, 2.05) is 11.3 Å². The smallest absolute Gasteiger partial charge is 0.0345 e. The van der Waals surface area contributed by atoms with E-state index in [2.05, 4.69) is 37.3 Å². The van der Waals surface area contributed by atoms with Gasteiger partial charge >= 0.3 is 0 Å². The van der Waals surface area contributed by atoms with Crippen molar-refractivity contribution in [1.82, 2.24) is 0 Å². The largest absolute Gasteiger partial charge is 0.140 e. The van der Waals surface area contributed by atoms with Gasteiger partial charge in [-0.15, -0.1) is 11.3 Å². The predicted octanol–water partition coefficient (Wildman–Crippen LogP) is 3.28. The highest BCUT2D eigenvalue weighted by Gasteiger charge is 1.96. The molecule has 55 valence electrons. The summed E-state index contributed by atoms with van der Waals surface area (Å²) in [7, 11) is 0. The number of rotatable bonds is 1. The lowest BCUT2D eigenvalue weighted by molar-refractivity contribution is 1.35. The second kappa shape index (κ2) is 2.67. The van der Waals surface area contributed by atoms with Gasteiger partial charge in [-0.05, 0) is 30.9 Å². The topological polar surface area (TPSA) is 0 Å². The second-order valence-electron chi connectivity index (χ2n) is 2.50. The molecule has 0 aliphatic heterocycles. The first-order chi connectivity index (χ1) is 5.40. The van der Waals surface area contributed by atoms with Gasteiger partial charge in [0.05, 0.1) is 0 Å². The number of fused-ring (bicyclic) bond motifs is 1. The molecule has 0 nitrogen and oxygen atoms in total. The summed E-state index contributed by atoms with van der Waals surface area (Å²) < 4.78 is 1.37. The van der Waals surface area contributed by atoms with Gasteiger partial charge in [-0.2, -0.15) is 0 Å². The number of hydrogen-bond acceptors (Lipinski definition) is 1. The summed E-state index contributed by atoms with van der Waals surface area (Å²) in [5.41, 5.74) is 0. The zero-order chi connectivity index (χ0) is 7.68. The molecule has 2 rings (SSSR count). The Morgan fingerprint density at radius 2 is 2.09 bits per heavy atom. The summed E-state index contributed by atoms with van der Waals surface area (Å²) in [6.07, 6.45) is 0.902. The molecule has 0 spiro atoms. The SMILES string of the molecule is [CH2]Cc1cc2ccccc2s1. The van der Waals surface area contributed by atoms with E-state index in [4.69, 9.17) is 0 Å². The minimum Gasteiger partial charge on any atom is -0.140 e. The molecule has 0 atom stereocenters. The van der Waals surface area contributed by atoms with Crippen LogP contribution >= 0.6 is 11.3 Å². The third-order valence-electron chi connectivity index (χ3n) is 1.72. The van der Waals surface area contributed by atoms with E-state index in [0.29, 0.717) is 0 Å². The van der Waals surface area contributed by atoms with Crippen LogP contribution in [0.25, 0.3) is 10.1 Å². The Morgan fingerprint density at radius 3 is 2.82 bits per heavy atom. The van der Waals surface area contributed by atoms with E-state index < -0.39 is 0 Å². The maximum Gasteiger partial charge on any atom is 0.0345 e. The number of benzene rings is 1. The van der Waals surface area contributed by atoms with Crippen molar-refractivity contribution in [2.75, 3.05) is 0 Å². The van der Waals surface area contributed by atoms with Crippen LogP contribution in [0.4, 0.5) is 0 Å². The highest BCUT2D eigenvalue weighted by Crippen LogP contribution is 2.24. The molecular formula is C10H9S. The van der Waals surface area contributed by atoms with Gasteiger partial charge in [-0.1, -0.05) is 18.2 Å². The van der Waals surface area contributed by atoms with Gasteiger partial charge < -0.3 is 0 Å². The van der Waals surface area contributed by atoms with E-state index >= 15 is 0 Å². The van der Waals surface area contributed by atoms with Crippen LogP contribution in [-0.4, -0.2) is 0 Å². The van der Waals surface area contributed by atoms with Gasteiger partial charge in [0.1, 0.15) is 0 Å². The zero-order valence-corrected chi connectivity index (χ0v) is 7.03. The van der Waals surface area contributed by atoms with Crippen LogP contribution in [0.1, 0.15) is 4.88 Å². The quantitative estimate of drug-likeness (QED) is 0.602. The van der Waals surface area contributed by atoms with Crippen molar-refractivity contribution in [3.63, 3.8) is 0 Å². The van der Waals surface area contributed by atoms with Crippen molar-refractivity contribution in [1.29, 1.82) is 0 Å². The molecule has 0 fully saturated rings. The van der Waals surface area contributed by atoms with E-state index in [0.717, 1.165) is 6.42 Å². The van der Waals surface area contributed by atoms with E-state index in [1.165, 1.54) is 15.0 Å². The fraction of sp³-hybridized carbons (Fsp3) is 0.100. The summed E-state index contributed by atoms with van der Waals surface area (Å²) >= 11 is 1.83. The average molecular weight is 161 g/mol. The van der Waals surface area contributed by atoms with Gasteiger partial charge in [-0.3, -0.25) is 0 Å². The van der Waals surface area contributed by atoms with Gasteiger partial charge in [0, 0.05) is 9.58 Å². The summed E-state index contributed by atoms with van der Waals surface area (Å²) in [6.45, 7) is 3.86. The van der Waals surface area contributed by atoms with Crippen LogP contribution in [0.15, 0.2) is 30.3 Å². The van der Waals surface area contributed by atoms with E-state index in [-0.39, 0.29) is 0 Å². The standard InChI is InChI=1S/C10H9S/c1-2-9-7-8-5-3-4-6-10(8)11-9/h3-7H,1-2H2. The maximum absolute atomic E-state index is 3.86. The van der Waals surface area contributed by atoms with Crippen molar-refractivity contribution < 1.29 is 0 Å². The van der Waals surface area contributed by atoms with Crippen LogP contribution in [0.5, 0.6) is 0 Å². The molecule has 1 heterocycles. The Bertz CT molecular complexity index is 327. The molecule has 0 bridgehead atoms. The predicted molar refractivity (Wildman–Crippen MR) is 50.9 cm³/mol. The Morgan fingerprint density at radius 1 is 1.27 bits per heavy atom. The molecule has 1 radical (unpaired) electrons. The lowest BCUT2D eigenvalue weighted by atomic mass is 10.2. The molecule has 1 aromatic heterocycles. The number of thiophene rings is 1. The van der Waals surface area contributed by atoms with Crippen LogP contribution in [0, 0.1) is 6.92 Å². The molecule has 1 aromatic carbocycles. The van der Waals surface area contributed by atoms with Crippen molar-refractivity contribution in [3.05, 3.63) is 42.1 Å². The minimum atomic E-state index is 0.902. The van der Waals surface area contributed by atoms with Crippen molar-refractivity contribution in [3.8, 4) is 0 Å². The van der Waals surface area contributed by atoms with Gasteiger partial charge in [0.2, 0.25) is 0 Å². The Labute approximate surface area is 70.5 Å². The Hall–Kier alpha value is -0.820. The molecule has 0 saturated heterocycles. The van der Waals surface area contributed by atoms with Crippen LogP contribution in [0.3, 0.4) is 0 Å². The molecule has 0 N–H and O–H groups in total. The molecule has 0 saturated carbocycles. The van der Waals surface area contributed by atoms with E-state index in [1.54, 1.807) is 0 Å². The van der Waals surface area contributed by atoms with Crippen molar-refractivity contribution in [2.45, 2.75) is 6.42 Å². The van der Waals surface area contributed by atoms with Crippen molar-refractivity contribution >= 4 is 21.4 Å². The fourth-order valence-electron chi connectivity index (χ4n) is 1.16. The van der Waals surface area contributed by atoms with Crippen LogP contribution in [-0.2, 0) is 6.42 Å². The first kappa shape index (κ1) is 6.86. The third kappa shape index (κ3) is 1.16. The first-order valence-electron chi connectivity index (χ1n) is 3.67. The molecule has 0 aliphatic rings. The average Bonchev–Trinajstić information content (AvgIpc) is 2.46. The molecule has 0 unspecified atom stereocenters. The minimum absolute atomic E-state index is 0.902. The lowest BCUT2D eigenvalue weighted by Crippen LogP contribution is -1.64. The monoisotopic (exact) mass is 161 g/mol. The highest BCUT2D eigenvalue weighted by molar-refractivity contribution is 7.19. The summed E-state index contributed by atoms with van der Waals surface area (Å²) in [5, 5.41) is 1.34. The van der Waals surface area contributed by atoms with Gasteiger partial charge in [0.15, 0.2) is 0 Å². The first-order valence-corrected chi connectivity index (χ1v) is 4.48.